The van der Waals surface area contributed by atoms with Crippen LogP contribution in [0.1, 0.15) is 19.8 Å². The molecule has 0 radical (unpaired) electrons. The zero-order chi connectivity index (χ0) is 13.8. The van der Waals surface area contributed by atoms with Gasteiger partial charge in [-0.2, -0.15) is 0 Å². The summed E-state index contributed by atoms with van der Waals surface area (Å²) in [5, 5.41) is 9.54. The maximum atomic E-state index is 12.0. The van der Waals surface area contributed by atoms with Gasteiger partial charge in [-0.15, -0.1) is 0 Å². The topological polar surface area (TPSA) is 66.4 Å². The molecule has 0 bridgehead atoms. The predicted octanol–water partition coefficient (Wildman–Crippen LogP) is 2.65. The van der Waals surface area contributed by atoms with E-state index >= 15 is 0 Å². The van der Waals surface area contributed by atoms with Crippen LogP contribution in [0.15, 0.2) is 32.0 Å². The molecule has 7 heteroatoms. The van der Waals surface area contributed by atoms with Gasteiger partial charge >= 0.3 is 0 Å². The Morgan fingerprint density at radius 1 is 1.39 bits per heavy atom. The smallest absolute Gasteiger partial charge is 0.241 e. The van der Waals surface area contributed by atoms with Crippen LogP contribution >= 0.6 is 31.9 Å². The molecule has 0 aliphatic rings. The predicted molar refractivity (Wildman–Crippen MR) is 77.9 cm³/mol. The molecule has 18 heavy (non-hydrogen) atoms. The third-order valence-electron chi connectivity index (χ3n) is 2.31. The highest BCUT2D eigenvalue weighted by molar-refractivity contribution is 9.11. The van der Waals surface area contributed by atoms with Gasteiger partial charge in [0.25, 0.3) is 0 Å². The maximum Gasteiger partial charge on any atom is 0.241 e. The Morgan fingerprint density at radius 2 is 2.06 bits per heavy atom. The standard InChI is InChI=1S/C11H15Br2NO3S/c1-2-3-9(15)7-14-18(16,17)11-6-8(12)4-5-10(11)13/h4-6,9,14-15H,2-3,7H2,1H3. The first-order valence-corrected chi connectivity index (χ1v) is 8.56. The van der Waals surface area contributed by atoms with Crippen LogP contribution in [-0.4, -0.2) is 26.2 Å². The molecular formula is C11H15Br2NO3S. The van der Waals surface area contributed by atoms with Crippen molar-refractivity contribution in [2.24, 2.45) is 0 Å². The summed E-state index contributed by atoms with van der Waals surface area (Å²) in [5.41, 5.74) is 0. The molecule has 1 aromatic carbocycles. The molecule has 0 fully saturated rings. The average Bonchev–Trinajstić information content (AvgIpc) is 2.30. The molecular weight excluding hydrogens is 386 g/mol. The minimum absolute atomic E-state index is 0.0229. The normalized spacial score (nSPS) is 13.6. The highest BCUT2D eigenvalue weighted by Crippen LogP contribution is 2.25. The average molecular weight is 401 g/mol. The zero-order valence-corrected chi connectivity index (χ0v) is 13.8. The first-order chi connectivity index (χ1) is 8.36. The monoisotopic (exact) mass is 399 g/mol. The third-order valence-corrected chi connectivity index (χ3v) is 5.22. The van der Waals surface area contributed by atoms with Crippen molar-refractivity contribution in [3.8, 4) is 0 Å². The first kappa shape index (κ1) is 16.1. The van der Waals surface area contributed by atoms with Gasteiger partial charge in [0.15, 0.2) is 0 Å². The summed E-state index contributed by atoms with van der Waals surface area (Å²) in [6.07, 6.45) is 0.724. The Hall–Kier alpha value is 0.0500. The molecule has 0 heterocycles. The third kappa shape index (κ3) is 4.62. The van der Waals surface area contributed by atoms with Crippen molar-refractivity contribution in [3.63, 3.8) is 0 Å². The van der Waals surface area contributed by atoms with Crippen LogP contribution in [0.25, 0.3) is 0 Å². The number of aliphatic hydroxyl groups is 1. The fourth-order valence-electron chi connectivity index (χ4n) is 1.40. The molecule has 1 aromatic rings. The van der Waals surface area contributed by atoms with Crippen molar-refractivity contribution < 1.29 is 13.5 Å². The fourth-order valence-corrected chi connectivity index (χ4v) is 3.97. The van der Waals surface area contributed by atoms with Gasteiger partial charge in [-0.05, 0) is 40.5 Å². The lowest BCUT2D eigenvalue weighted by atomic mass is 10.2. The molecule has 4 nitrogen and oxygen atoms in total. The van der Waals surface area contributed by atoms with Gasteiger partial charge in [-0.25, -0.2) is 13.1 Å². The van der Waals surface area contributed by atoms with E-state index in [1.54, 1.807) is 12.1 Å². The van der Waals surface area contributed by atoms with Gasteiger partial charge in [0.2, 0.25) is 10.0 Å². The van der Waals surface area contributed by atoms with E-state index in [0.717, 1.165) is 6.42 Å². The SMILES string of the molecule is CCCC(O)CNS(=O)(=O)c1cc(Br)ccc1Br. The van der Waals surface area contributed by atoms with Crippen molar-refractivity contribution in [1.29, 1.82) is 0 Å². The molecule has 1 rings (SSSR count). The molecule has 0 spiro atoms. The Balaban J connectivity index is 2.83. The van der Waals surface area contributed by atoms with Gasteiger partial charge in [0.05, 0.1) is 11.0 Å². The van der Waals surface area contributed by atoms with E-state index < -0.39 is 16.1 Å². The lowest BCUT2D eigenvalue weighted by Crippen LogP contribution is -2.32. The molecule has 1 unspecified atom stereocenters. The second-order valence-electron chi connectivity index (χ2n) is 3.87. The van der Waals surface area contributed by atoms with Gasteiger partial charge in [-0.3, -0.25) is 0 Å². The highest BCUT2D eigenvalue weighted by Gasteiger charge is 2.18. The number of nitrogens with one attached hydrogen (secondary N) is 1. The molecule has 0 aliphatic heterocycles. The van der Waals surface area contributed by atoms with E-state index in [1.165, 1.54) is 6.07 Å². The van der Waals surface area contributed by atoms with E-state index in [0.29, 0.717) is 15.4 Å². The number of rotatable bonds is 6. The fraction of sp³-hybridized carbons (Fsp3) is 0.455. The largest absolute Gasteiger partial charge is 0.392 e. The Bertz CT molecular complexity index is 505. The van der Waals surface area contributed by atoms with E-state index in [9.17, 15) is 13.5 Å². The number of aliphatic hydroxyl groups excluding tert-OH is 1. The number of sulfonamides is 1. The van der Waals surface area contributed by atoms with E-state index in [-0.39, 0.29) is 11.4 Å². The minimum Gasteiger partial charge on any atom is -0.392 e. The first-order valence-electron chi connectivity index (χ1n) is 5.49. The summed E-state index contributed by atoms with van der Waals surface area (Å²) in [6, 6.07) is 4.91. The van der Waals surface area contributed by atoms with Crippen LogP contribution < -0.4 is 4.72 Å². The molecule has 0 amide bonds. The maximum absolute atomic E-state index is 12.0. The van der Waals surface area contributed by atoms with Gasteiger partial charge in [-0.1, -0.05) is 29.3 Å². The van der Waals surface area contributed by atoms with Crippen molar-refractivity contribution in [1.82, 2.24) is 4.72 Å². The van der Waals surface area contributed by atoms with Crippen LogP contribution in [0.5, 0.6) is 0 Å². The Labute approximate surface area is 124 Å². The lowest BCUT2D eigenvalue weighted by molar-refractivity contribution is 0.167. The number of halogens is 2. The summed E-state index contributed by atoms with van der Waals surface area (Å²) < 4.78 is 27.7. The molecule has 102 valence electrons. The van der Waals surface area contributed by atoms with Gasteiger partial charge in [0.1, 0.15) is 0 Å². The molecule has 0 aliphatic carbocycles. The Morgan fingerprint density at radius 3 is 2.67 bits per heavy atom. The van der Waals surface area contributed by atoms with Crippen molar-refractivity contribution in [3.05, 3.63) is 27.1 Å². The summed E-state index contributed by atoms with van der Waals surface area (Å²) in [7, 11) is -3.61. The van der Waals surface area contributed by atoms with Crippen molar-refractivity contribution in [2.45, 2.75) is 30.8 Å². The van der Waals surface area contributed by atoms with Crippen LogP contribution in [0.3, 0.4) is 0 Å². The number of hydrogen-bond acceptors (Lipinski definition) is 3. The van der Waals surface area contributed by atoms with Crippen LogP contribution in [0, 0.1) is 0 Å². The van der Waals surface area contributed by atoms with Gasteiger partial charge < -0.3 is 5.11 Å². The molecule has 2 N–H and O–H groups in total. The van der Waals surface area contributed by atoms with Gasteiger partial charge in [0, 0.05) is 15.5 Å². The second kappa shape index (κ2) is 7.00. The van der Waals surface area contributed by atoms with E-state index in [4.69, 9.17) is 0 Å². The second-order valence-corrected chi connectivity index (χ2v) is 7.37. The summed E-state index contributed by atoms with van der Waals surface area (Å²) in [5.74, 6) is 0. The summed E-state index contributed by atoms with van der Waals surface area (Å²) in [6.45, 7) is 1.96. The molecule has 0 aromatic heterocycles. The van der Waals surface area contributed by atoms with Crippen molar-refractivity contribution in [2.75, 3.05) is 6.54 Å². The van der Waals surface area contributed by atoms with Crippen LogP contribution in [-0.2, 0) is 10.0 Å². The quantitative estimate of drug-likeness (QED) is 0.771. The zero-order valence-electron chi connectivity index (χ0n) is 9.86. The van der Waals surface area contributed by atoms with E-state index in [2.05, 4.69) is 36.6 Å². The van der Waals surface area contributed by atoms with Crippen molar-refractivity contribution >= 4 is 41.9 Å². The molecule has 0 saturated heterocycles. The molecule has 1 atom stereocenters. The lowest BCUT2D eigenvalue weighted by Gasteiger charge is -2.12. The number of hydrogen-bond donors (Lipinski definition) is 2. The molecule has 0 saturated carbocycles. The summed E-state index contributed by atoms with van der Waals surface area (Å²) >= 11 is 6.43. The van der Waals surface area contributed by atoms with Crippen LogP contribution in [0.4, 0.5) is 0 Å². The Kier molecular flexibility index (Phi) is 6.26. The van der Waals surface area contributed by atoms with Crippen LogP contribution in [0.2, 0.25) is 0 Å². The summed E-state index contributed by atoms with van der Waals surface area (Å²) in [4.78, 5) is 0.153. The highest BCUT2D eigenvalue weighted by atomic mass is 79.9. The number of benzene rings is 1. The minimum atomic E-state index is -3.61. The van der Waals surface area contributed by atoms with E-state index in [1.807, 2.05) is 6.92 Å².